The van der Waals surface area contributed by atoms with Crippen LogP contribution in [-0.4, -0.2) is 46.5 Å². The van der Waals surface area contributed by atoms with Crippen molar-refractivity contribution in [2.24, 2.45) is 4.99 Å². The highest BCUT2D eigenvalue weighted by molar-refractivity contribution is 14.0. The number of halogens is 1. The summed E-state index contributed by atoms with van der Waals surface area (Å²) in [4.78, 5) is 4.26. The van der Waals surface area contributed by atoms with Gasteiger partial charge in [0, 0.05) is 32.8 Å². The molecule has 29 heavy (non-hydrogen) atoms. The van der Waals surface area contributed by atoms with E-state index in [0.29, 0.717) is 39.5 Å². The van der Waals surface area contributed by atoms with Crippen LogP contribution in [0.1, 0.15) is 16.7 Å². The van der Waals surface area contributed by atoms with Gasteiger partial charge in [-0.2, -0.15) is 0 Å². The summed E-state index contributed by atoms with van der Waals surface area (Å²) in [5.41, 5.74) is 3.41. The fraction of sp³-hybridized carbons (Fsp3) is 0.409. The van der Waals surface area contributed by atoms with Gasteiger partial charge >= 0.3 is 0 Å². The standard InChI is InChI=1S/C22H31N3O3.HI/c1-18-9-10-20(21(15-18)28-14-13-26-3)16-25-22(23-2)24-11-12-27-17-19-7-5-4-6-8-19;/h4-10,15H,11-14,16-17H2,1-3H3,(H2,23,24,25);1H. The van der Waals surface area contributed by atoms with Gasteiger partial charge in [0.05, 0.1) is 19.8 Å². The SMILES string of the molecule is CN=C(NCCOCc1ccccc1)NCc1ccc(C)cc1OCCOC.I. The first kappa shape index (κ1) is 25.2. The van der Waals surface area contributed by atoms with Gasteiger partial charge in [-0.3, -0.25) is 4.99 Å². The number of aryl methyl sites for hydroxylation is 1. The molecule has 0 heterocycles. The van der Waals surface area contributed by atoms with Crippen LogP contribution in [0.5, 0.6) is 5.75 Å². The van der Waals surface area contributed by atoms with Crippen molar-refractivity contribution in [3.05, 3.63) is 65.2 Å². The van der Waals surface area contributed by atoms with Crippen molar-refractivity contribution in [2.75, 3.05) is 40.5 Å². The summed E-state index contributed by atoms with van der Waals surface area (Å²) in [6, 6.07) is 16.3. The van der Waals surface area contributed by atoms with Crippen LogP contribution in [0.2, 0.25) is 0 Å². The largest absolute Gasteiger partial charge is 0.491 e. The van der Waals surface area contributed by atoms with Gasteiger partial charge in [-0.15, -0.1) is 24.0 Å². The minimum Gasteiger partial charge on any atom is -0.491 e. The van der Waals surface area contributed by atoms with Crippen LogP contribution in [0.4, 0.5) is 0 Å². The summed E-state index contributed by atoms with van der Waals surface area (Å²) in [6.07, 6.45) is 0. The first-order chi connectivity index (χ1) is 13.7. The highest BCUT2D eigenvalue weighted by Crippen LogP contribution is 2.20. The summed E-state index contributed by atoms with van der Waals surface area (Å²) in [7, 11) is 3.42. The Labute approximate surface area is 191 Å². The third kappa shape index (κ3) is 9.96. The Balaban J connectivity index is 0.00000420. The lowest BCUT2D eigenvalue weighted by atomic mass is 10.1. The summed E-state index contributed by atoms with van der Waals surface area (Å²) < 4.78 is 16.6. The average Bonchev–Trinajstić information content (AvgIpc) is 2.72. The highest BCUT2D eigenvalue weighted by Gasteiger charge is 2.06. The van der Waals surface area contributed by atoms with Gasteiger partial charge in [0.15, 0.2) is 5.96 Å². The molecule has 0 aliphatic carbocycles. The van der Waals surface area contributed by atoms with Crippen LogP contribution in [0.3, 0.4) is 0 Å². The van der Waals surface area contributed by atoms with E-state index < -0.39 is 0 Å². The Kier molecular flexibility index (Phi) is 13.1. The lowest BCUT2D eigenvalue weighted by Crippen LogP contribution is -2.38. The molecule has 0 unspecified atom stereocenters. The van der Waals surface area contributed by atoms with Crippen molar-refractivity contribution < 1.29 is 14.2 Å². The third-order valence-corrected chi connectivity index (χ3v) is 4.09. The number of rotatable bonds is 11. The van der Waals surface area contributed by atoms with Gasteiger partial charge in [0.1, 0.15) is 12.4 Å². The van der Waals surface area contributed by atoms with Crippen molar-refractivity contribution >= 4 is 29.9 Å². The summed E-state index contributed by atoms with van der Waals surface area (Å²) >= 11 is 0. The maximum absolute atomic E-state index is 5.83. The van der Waals surface area contributed by atoms with E-state index in [-0.39, 0.29) is 24.0 Å². The molecule has 0 spiro atoms. The monoisotopic (exact) mass is 513 g/mol. The summed E-state index contributed by atoms with van der Waals surface area (Å²) in [5.74, 6) is 1.60. The van der Waals surface area contributed by atoms with Gasteiger partial charge in [-0.05, 0) is 24.1 Å². The van der Waals surface area contributed by atoms with Crippen LogP contribution in [0.25, 0.3) is 0 Å². The van der Waals surface area contributed by atoms with E-state index in [0.717, 1.165) is 22.8 Å². The van der Waals surface area contributed by atoms with E-state index in [1.165, 1.54) is 5.56 Å². The van der Waals surface area contributed by atoms with Crippen LogP contribution in [0, 0.1) is 6.92 Å². The average molecular weight is 513 g/mol. The molecular weight excluding hydrogens is 481 g/mol. The van der Waals surface area contributed by atoms with E-state index in [4.69, 9.17) is 14.2 Å². The zero-order valence-corrected chi connectivity index (χ0v) is 19.8. The van der Waals surface area contributed by atoms with Crippen molar-refractivity contribution in [3.8, 4) is 5.75 Å². The lowest BCUT2D eigenvalue weighted by molar-refractivity contribution is 0.125. The molecular formula is C22H32IN3O3. The van der Waals surface area contributed by atoms with E-state index in [9.17, 15) is 0 Å². The Bertz CT molecular complexity index is 726. The number of nitrogens with zero attached hydrogens (tertiary/aromatic N) is 1. The van der Waals surface area contributed by atoms with Gasteiger partial charge in [0.2, 0.25) is 0 Å². The molecule has 0 aromatic heterocycles. The number of nitrogens with one attached hydrogen (secondary N) is 2. The predicted octanol–water partition coefficient (Wildman–Crippen LogP) is 3.52. The van der Waals surface area contributed by atoms with Crippen LogP contribution in [-0.2, 0) is 22.6 Å². The first-order valence-corrected chi connectivity index (χ1v) is 9.50. The molecule has 0 amide bonds. The van der Waals surface area contributed by atoms with Gasteiger partial charge in [-0.1, -0.05) is 42.5 Å². The molecule has 0 saturated carbocycles. The maximum atomic E-state index is 5.83. The number of ether oxygens (including phenoxy) is 3. The third-order valence-electron chi connectivity index (χ3n) is 4.09. The number of benzene rings is 2. The number of guanidine groups is 1. The van der Waals surface area contributed by atoms with E-state index in [1.54, 1.807) is 14.2 Å². The lowest BCUT2D eigenvalue weighted by Gasteiger charge is -2.15. The Morgan fingerprint density at radius 2 is 1.79 bits per heavy atom. The second kappa shape index (κ2) is 15.1. The second-order valence-electron chi connectivity index (χ2n) is 6.34. The Morgan fingerprint density at radius 3 is 2.52 bits per heavy atom. The zero-order valence-electron chi connectivity index (χ0n) is 17.4. The Morgan fingerprint density at radius 1 is 1.00 bits per heavy atom. The molecule has 0 radical (unpaired) electrons. The maximum Gasteiger partial charge on any atom is 0.191 e. The Hall–Kier alpha value is -1.84. The quantitative estimate of drug-likeness (QED) is 0.209. The summed E-state index contributed by atoms with van der Waals surface area (Å²) in [5, 5.41) is 6.58. The molecule has 2 N–H and O–H groups in total. The molecule has 0 saturated heterocycles. The molecule has 2 rings (SSSR count). The van der Waals surface area contributed by atoms with Crippen molar-refractivity contribution in [3.63, 3.8) is 0 Å². The smallest absolute Gasteiger partial charge is 0.191 e. The second-order valence-corrected chi connectivity index (χ2v) is 6.34. The molecule has 2 aromatic carbocycles. The number of aliphatic imine (C=N–C) groups is 1. The molecule has 6 nitrogen and oxygen atoms in total. The van der Waals surface area contributed by atoms with Crippen molar-refractivity contribution in [1.29, 1.82) is 0 Å². The topological polar surface area (TPSA) is 64.1 Å². The molecule has 0 atom stereocenters. The number of methoxy groups -OCH3 is 1. The molecule has 2 aromatic rings. The van der Waals surface area contributed by atoms with Crippen LogP contribution >= 0.6 is 24.0 Å². The van der Waals surface area contributed by atoms with Crippen LogP contribution in [0.15, 0.2) is 53.5 Å². The fourth-order valence-electron chi connectivity index (χ4n) is 2.58. The molecule has 160 valence electrons. The molecule has 0 bridgehead atoms. The van der Waals surface area contributed by atoms with Crippen molar-refractivity contribution in [1.82, 2.24) is 10.6 Å². The summed E-state index contributed by atoms with van der Waals surface area (Å²) in [6.45, 7) is 5.65. The van der Waals surface area contributed by atoms with E-state index in [1.807, 2.05) is 24.3 Å². The minimum absolute atomic E-state index is 0. The van der Waals surface area contributed by atoms with Crippen LogP contribution < -0.4 is 15.4 Å². The van der Waals surface area contributed by atoms with E-state index in [2.05, 4.69) is 46.8 Å². The number of hydrogen-bond donors (Lipinski definition) is 2. The molecule has 7 heteroatoms. The fourth-order valence-corrected chi connectivity index (χ4v) is 2.58. The molecule has 0 aliphatic rings. The van der Waals surface area contributed by atoms with E-state index >= 15 is 0 Å². The minimum atomic E-state index is 0. The predicted molar refractivity (Wildman–Crippen MR) is 128 cm³/mol. The number of hydrogen-bond acceptors (Lipinski definition) is 4. The highest BCUT2D eigenvalue weighted by atomic mass is 127. The zero-order chi connectivity index (χ0) is 20.0. The van der Waals surface area contributed by atoms with Gasteiger partial charge in [-0.25, -0.2) is 0 Å². The van der Waals surface area contributed by atoms with Gasteiger partial charge in [0.25, 0.3) is 0 Å². The van der Waals surface area contributed by atoms with Gasteiger partial charge < -0.3 is 24.8 Å². The first-order valence-electron chi connectivity index (χ1n) is 9.50. The normalized spacial score (nSPS) is 10.9. The van der Waals surface area contributed by atoms with Crippen molar-refractivity contribution in [2.45, 2.75) is 20.1 Å². The molecule has 0 aliphatic heterocycles. The molecule has 0 fully saturated rings.